The van der Waals surface area contributed by atoms with E-state index in [4.69, 9.17) is 9.47 Å². The Labute approximate surface area is 209 Å². The van der Waals surface area contributed by atoms with Gasteiger partial charge in [-0.1, -0.05) is 0 Å². The number of nitrogens with one attached hydrogen (secondary N) is 1. The molecule has 0 spiro atoms. The van der Waals surface area contributed by atoms with Crippen LogP contribution < -0.4 is 9.64 Å². The third-order valence-corrected chi connectivity index (χ3v) is 7.40. The number of benzene rings is 2. The Balaban J connectivity index is 1.49. The van der Waals surface area contributed by atoms with Gasteiger partial charge in [-0.05, 0) is 75.5 Å². The first-order valence-electron chi connectivity index (χ1n) is 9.92. The van der Waals surface area contributed by atoms with Crippen LogP contribution in [0.1, 0.15) is 18.0 Å². The van der Waals surface area contributed by atoms with Crippen LogP contribution in [0, 0.1) is 7.14 Å². The molecule has 0 saturated carbocycles. The Morgan fingerprint density at radius 1 is 1.19 bits per heavy atom. The number of imidazole rings is 1. The van der Waals surface area contributed by atoms with Crippen LogP contribution in [0.5, 0.6) is 5.75 Å². The second-order valence-electron chi connectivity index (χ2n) is 7.58. The van der Waals surface area contributed by atoms with Gasteiger partial charge in [0.15, 0.2) is 0 Å². The molecule has 5 rings (SSSR count). The van der Waals surface area contributed by atoms with Crippen LogP contribution in [0.4, 0.5) is 14.5 Å². The predicted octanol–water partition coefficient (Wildman–Crippen LogP) is 4.51. The van der Waals surface area contributed by atoms with E-state index in [1.54, 1.807) is 11.2 Å². The fraction of sp³-hybridized carbons (Fsp3) is 0.333. The van der Waals surface area contributed by atoms with Crippen molar-refractivity contribution < 1.29 is 23.0 Å². The molecule has 32 heavy (non-hydrogen) atoms. The van der Waals surface area contributed by atoms with E-state index in [2.05, 4.69) is 55.1 Å². The number of β-lactam (4-membered cyclic amide) rings is 1. The van der Waals surface area contributed by atoms with Crippen molar-refractivity contribution in [2.45, 2.75) is 24.9 Å². The minimum atomic E-state index is -2.39. The zero-order valence-electron chi connectivity index (χ0n) is 16.6. The van der Waals surface area contributed by atoms with E-state index in [0.29, 0.717) is 19.2 Å². The van der Waals surface area contributed by atoms with Crippen LogP contribution >= 0.6 is 45.2 Å². The summed E-state index contributed by atoms with van der Waals surface area (Å²) in [6, 6.07) is 8.87. The highest BCUT2D eigenvalue weighted by molar-refractivity contribution is 14.1. The first-order chi connectivity index (χ1) is 15.4. The molecule has 0 radical (unpaired) electrons. The Bertz CT molecular complexity index is 1150. The monoisotopic (exact) mass is 666 g/mol. The van der Waals surface area contributed by atoms with Gasteiger partial charge < -0.3 is 19.4 Å². The number of carbonyl (C=O) groups excluding carboxylic acids is 1. The lowest BCUT2D eigenvalue weighted by Crippen LogP contribution is -2.69. The van der Waals surface area contributed by atoms with Crippen LogP contribution in [-0.2, 0) is 9.53 Å². The number of carbonyl (C=O) groups is 1. The molecule has 2 fully saturated rings. The fourth-order valence-electron chi connectivity index (χ4n) is 4.03. The minimum absolute atomic E-state index is 0.0148. The molecule has 1 unspecified atom stereocenters. The molecule has 3 heterocycles. The van der Waals surface area contributed by atoms with Crippen molar-refractivity contribution in [1.29, 1.82) is 0 Å². The molecule has 3 aromatic rings. The van der Waals surface area contributed by atoms with Crippen LogP contribution in [0.3, 0.4) is 0 Å². The van der Waals surface area contributed by atoms with Crippen LogP contribution in [0.2, 0.25) is 0 Å². The number of amides is 1. The molecule has 2 saturated heterocycles. The van der Waals surface area contributed by atoms with E-state index >= 15 is 0 Å². The first-order valence-corrected chi connectivity index (χ1v) is 12.1. The van der Waals surface area contributed by atoms with Crippen molar-refractivity contribution in [3.8, 4) is 5.75 Å². The Kier molecular flexibility index (Phi) is 6.24. The number of nitrogens with zero attached hydrogens (tertiary/aromatic N) is 3. The molecular weight excluding hydrogens is 648 g/mol. The molecule has 2 aliphatic heterocycles. The summed E-state index contributed by atoms with van der Waals surface area (Å²) in [4.78, 5) is 24.4. The van der Waals surface area contributed by atoms with Gasteiger partial charge in [-0.25, -0.2) is 18.7 Å². The molecule has 1 aromatic heterocycles. The van der Waals surface area contributed by atoms with Gasteiger partial charge in [0.25, 0.3) is 0 Å². The average molecular weight is 666 g/mol. The Morgan fingerprint density at radius 2 is 1.94 bits per heavy atom. The Morgan fingerprint density at radius 3 is 2.59 bits per heavy atom. The van der Waals surface area contributed by atoms with Gasteiger partial charge in [0.05, 0.1) is 30.0 Å². The number of rotatable bonds is 7. The zero-order valence-corrected chi connectivity index (χ0v) is 20.9. The lowest BCUT2D eigenvalue weighted by Gasteiger charge is -2.53. The largest absolute Gasteiger partial charge is 0.493 e. The van der Waals surface area contributed by atoms with Gasteiger partial charge in [-0.3, -0.25) is 4.79 Å². The summed E-state index contributed by atoms with van der Waals surface area (Å²) in [6.07, 6.45) is -1.08. The number of hydrogen-bond acceptors (Lipinski definition) is 5. The van der Waals surface area contributed by atoms with E-state index in [1.165, 1.54) is 0 Å². The second kappa shape index (κ2) is 8.99. The van der Waals surface area contributed by atoms with Gasteiger partial charge in [0.2, 0.25) is 12.3 Å². The highest BCUT2D eigenvalue weighted by Gasteiger charge is 2.54. The molecular formula is C21H18F2I2N4O3. The van der Waals surface area contributed by atoms with Gasteiger partial charge >= 0.3 is 0 Å². The number of aromatic nitrogens is 2. The van der Waals surface area contributed by atoms with Gasteiger partial charge in [0.1, 0.15) is 25.3 Å². The number of halogens is 4. The van der Waals surface area contributed by atoms with Crippen molar-refractivity contribution >= 4 is 67.8 Å². The summed E-state index contributed by atoms with van der Waals surface area (Å²) >= 11 is 4.45. The molecule has 2 atom stereocenters. The number of aromatic amines is 1. The zero-order chi connectivity index (χ0) is 22.4. The molecule has 1 N–H and O–H groups in total. The van der Waals surface area contributed by atoms with E-state index in [0.717, 1.165) is 29.4 Å². The van der Waals surface area contributed by atoms with Crippen molar-refractivity contribution in [1.82, 2.24) is 14.9 Å². The maximum absolute atomic E-state index is 13.3. The summed E-state index contributed by atoms with van der Waals surface area (Å²) < 4.78 is 37.6. The lowest BCUT2D eigenvalue weighted by atomic mass is 9.86. The van der Waals surface area contributed by atoms with Gasteiger partial charge in [0, 0.05) is 24.8 Å². The molecule has 0 aliphatic carbocycles. The number of H-pyrrole nitrogens is 1. The Hall–Kier alpha value is -1.58. The summed E-state index contributed by atoms with van der Waals surface area (Å²) in [5.41, 5.74) is 3.49. The summed E-state index contributed by atoms with van der Waals surface area (Å²) in [5.74, 6) is 0.559. The van der Waals surface area contributed by atoms with E-state index in [1.807, 2.05) is 35.2 Å². The van der Waals surface area contributed by atoms with Crippen molar-refractivity contribution in [3.63, 3.8) is 0 Å². The number of alkyl halides is 2. The summed E-state index contributed by atoms with van der Waals surface area (Å²) in [7, 11) is 0. The molecule has 0 bridgehead atoms. The predicted molar refractivity (Wildman–Crippen MR) is 131 cm³/mol. The van der Waals surface area contributed by atoms with E-state index < -0.39 is 6.43 Å². The lowest BCUT2D eigenvalue weighted by molar-refractivity contribution is -0.186. The molecule has 2 aromatic carbocycles. The van der Waals surface area contributed by atoms with Crippen molar-refractivity contribution in [2.75, 3.05) is 25.0 Å². The number of hydrogen-bond donors (Lipinski definition) is 1. The standard InChI is InChI=1S/C21H18F2I2N4O3/c22-17(23)3-4-32-12-6-13(24)18(14(25)7-12)19-20(28-9-31-10-28)21(30)29(19)11-1-2-15-16(5-11)27-8-26-15/h1-2,5-8,17,19-20H,3-4,9-10H2,(H,26,27)/t19-,20?/m0/s1. The molecule has 2 aliphatic rings. The maximum Gasteiger partial charge on any atom is 0.247 e. The SMILES string of the molecule is O=C1C(N2COC2)[C@H](c2c(I)cc(OCCC(F)F)cc2I)N1c1ccc2nc[nH]c2c1. The van der Waals surface area contributed by atoms with E-state index in [-0.39, 0.29) is 31.0 Å². The molecule has 11 heteroatoms. The van der Waals surface area contributed by atoms with Crippen LogP contribution in [-0.4, -0.2) is 53.3 Å². The number of fused-ring (bicyclic) bond motifs is 1. The van der Waals surface area contributed by atoms with Crippen molar-refractivity contribution in [2.24, 2.45) is 0 Å². The highest BCUT2D eigenvalue weighted by atomic mass is 127. The van der Waals surface area contributed by atoms with Crippen LogP contribution in [0.25, 0.3) is 11.0 Å². The fourth-order valence-corrected chi connectivity index (χ4v) is 6.38. The first kappa shape index (κ1) is 22.2. The quantitative estimate of drug-likeness (QED) is 0.297. The average Bonchev–Trinajstić information content (AvgIpc) is 3.17. The normalized spacial score (nSPS) is 21.2. The van der Waals surface area contributed by atoms with Crippen molar-refractivity contribution in [3.05, 3.63) is 49.4 Å². The van der Waals surface area contributed by atoms with Gasteiger partial charge in [-0.15, -0.1) is 0 Å². The number of ether oxygens (including phenoxy) is 2. The topological polar surface area (TPSA) is 70.7 Å². The summed E-state index contributed by atoms with van der Waals surface area (Å²) in [6.45, 7) is 0.791. The highest BCUT2D eigenvalue weighted by Crippen LogP contribution is 2.46. The van der Waals surface area contributed by atoms with E-state index in [9.17, 15) is 13.6 Å². The molecule has 168 valence electrons. The summed E-state index contributed by atoms with van der Waals surface area (Å²) in [5, 5.41) is 0. The maximum atomic E-state index is 13.3. The third-order valence-electron chi connectivity index (χ3n) is 5.61. The number of anilines is 1. The van der Waals surface area contributed by atoms with Crippen LogP contribution in [0.15, 0.2) is 36.7 Å². The minimum Gasteiger partial charge on any atom is -0.493 e. The second-order valence-corrected chi connectivity index (χ2v) is 9.91. The smallest absolute Gasteiger partial charge is 0.247 e. The van der Waals surface area contributed by atoms with Gasteiger partial charge in [-0.2, -0.15) is 0 Å². The molecule has 7 nitrogen and oxygen atoms in total. The molecule has 1 amide bonds. The third kappa shape index (κ3) is 3.96.